The predicted octanol–water partition coefficient (Wildman–Crippen LogP) is 2.01. The van der Waals surface area contributed by atoms with Crippen LogP contribution in [0.5, 0.6) is 0 Å². The van der Waals surface area contributed by atoms with Gasteiger partial charge >= 0.3 is 0 Å². The highest BCUT2D eigenvalue weighted by molar-refractivity contribution is 7.87. The number of hydrogen-bond donors (Lipinski definition) is 2. The van der Waals surface area contributed by atoms with Crippen molar-refractivity contribution in [2.45, 2.75) is 83.3 Å². The normalized spacial score (nSPS) is 26.8. The first-order valence-electron chi connectivity index (χ1n) is 8.43. The fraction of sp³-hybridized carbons (Fsp3) is 1.00. The van der Waals surface area contributed by atoms with E-state index in [1.807, 2.05) is 0 Å². The van der Waals surface area contributed by atoms with Gasteiger partial charge in [-0.3, -0.25) is 0 Å². The molecule has 6 heteroatoms. The van der Waals surface area contributed by atoms with E-state index in [0.717, 1.165) is 51.5 Å². The Hall–Kier alpha value is -0.170. The predicted molar refractivity (Wildman–Crippen MR) is 86.4 cm³/mol. The van der Waals surface area contributed by atoms with Gasteiger partial charge in [0.15, 0.2) is 0 Å². The fourth-order valence-corrected chi connectivity index (χ4v) is 5.28. The molecule has 0 aromatic rings. The van der Waals surface area contributed by atoms with Crippen LogP contribution >= 0.6 is 0 Å². The van der Waals surface area contributed by atoms with Crippen LogP contribution in [-0.2, 0) is 10.2 Å². The van der Waals surface area contributed by atoms with Crippen LogP contribution < -0.4 is 10.0 Å². The summed E-state index contributed by atoms with van der Waals surface area (Å²) in [6.07, 6.45) is 7.02. The van der Waals surface area contributed by atoms with E-state index in [1.54, 1.807) is 4.31 Å². The Kier molecular flexibility index (Phi) is 5.68. The lowest BCUT2D eigenvalue weighted by atomic mass is 9.76. The highest BCUT2D eigenvalue weighted by atomic mass is 32.2. The lowest BCUT2D eigenvalue weighted by Gasteiger charge is -2.44. The molecule has 5 nitrogen and oxygen atoms in total. The monoisotopic (exact) mass is 317 g/mol. The maximum absolute atomic E-state index is 12.8. The van der Waals surface area contributed by atoms with Crippen molar-refractivity contribution in [2.75, 3.05) is 13.1 Å². The Bertz CT molecular complexity index is 427. The fourth-order valence-electron chi connectivity index (χ4n) is 3.33. The maximum atomic E-state index is 12.8. The van der Waals surface area contributed by atoms with Crippen molar-refractivity contribution < 1.29 is 8.42 Å². The van der Waals surface area contributed by atoms with Crippen molar-refractivity contribution in [1.82, 2.24) is 14.3 Å². The van der Waals surface area contributed by atoms with Gasteiger partial charge in [-0.05, 0) is 38.5 Å². The second-order valence-electron chi connectivity index (χ2n) is 6.92. The summed E-state index contributed by atoms with van der Waals surface area (Å²) in [5, 5.41) is 3.39. The van der Waals surface area contributed by atoms with E-state index >= 15 is 0 Å². The molecule has 21 heavy (non-hydrogen) atoms. The van der Waals surface area contributed by atoms with Gasteiger partial charge in [-0.25, -0.2) is 0 Å². The summed E-state index contributed by atoms with van der Waals surface area (Å²) in [6, 6.07) is 0.477. The highest BCUT2D eigenvalue weighted by Gasteiger charge is 2.42. The van der Waals surface area contributed by atoms with Crippen molar-refractivity contribution in [3.8, 4) is 0 Å². The molecule has 1 heterocycles. The van der Waals surface area contributed by atoms with E-state index in [1.165, 1.54) is 0 Å². The molecule has 0 aromatic carbocycles. The van der Waals surface area contributed by atoms with Crippen molar-refractivity contribution in [1.29, 1.82) is 0 Å². The summed E-state index contributed by atoms with van der Waals surface area (Å²) < 4.78 is 30.3. The third-order valence-electron chi connectivity index (χ3n) is 4.98. The number of piperidine rings is 1. The van der Waals surface area contributed by atoms with Gasteiger partial charge in [-0.1, -0.05) is 27.2 Å². The van der Waals surface area contributed by atoms with Crippen LogP contribution in [0, 0.1) is 0 Å². The van der Waals surface area contributed by atoms with Gasteiger partial charge in [0, 0.05) is 30.7 Å². The third-order valence-corrected chi connectivity index (χ3v) is 6.77. The molecule has 2 fully saturated rings. The van der Waals surface area contributed by atoms with Gasteiger partial charge in [0.05, 0.1) is 0 Å². The molecule has 0 aromatic heterocycles. The molecule has 1 atom stereocenters. The van der Waals surface area contributed by atoms with Crippen molar-refractivity contribution in [3.63, 3.8) is 0 Å². The van der Waals surface area contributed by atoms with E-state index in [9.17, 15) is 8.42 Å². The van der Waals surface area contributed by atoms with Gasteiger partial charge in [0.2, 0.25) is 0 Å². The molecule has 0 spiro atoms. The molecule has 1 aliphatic heterocycles. The largest absolute Gasteiger partial charge is 0.313 e. The topological polar surface area (TPSA) is 61.4 Å². The molecule has 1 saturated heterocycles. The van der Waals surface area contributed by atoms with Gasteiger partial charge in [0.1, 0.15) is 0 Å². The lowest BCUT2D eigenvalue weighted by molar-refractivity contribution is 0.193. The molecule has 1 unspecified atom stereocenters. The SMILES string of the molecule is CCC1(NS(=O)(=O)N2CCCCC2CNC(C)C)CCC1. The van der Waals surface area contributed by atoms with Gasteiger partial charge in [0.25, 0.3) is 10.2 Å². The Morgan fingerprint density at radius 1 is 1.24 bits per heavy atom. The maximum Gasteiger partial charge on any atom is 0.280 e. The van der Waals surface area contributed by atoms with Crippen LogP contribution in [0.4, 0.5) is 0 Å². The molecule has 0 radical (unpaired) electrons. The van der Waals surface area contributed by atoms with E-state index in [0.29, 0.717) is 12.6 Å². The minimum atomic E-state index is -3.37. The quantitative estimate of drug-likeness (QED) is 0.755. The Balaban J connectivity index is 2.04. The first-order valence-corrected chi connectivity index (χ1v) is 9.87. The number of rotatable bonds is 7. The summed E-state index contributed by atoms with van der Waals surface area (Å²) in [5.41, 5.74) is -0.174. The molecule has 1 aliphatic carbocycles. The molecular formula is C15H31N3O2S. The molecule has 2 N–H and O–H groups in total. The zero-order valence-electron chi connectivity index (χ0n) is 13.7. The average molecular weight is 317 g/mol. The summed E-state index contributed by atoms with van der Waals surface area (Å²) in [7, 11) is -3.37. The zero-order chi connectivity index (χ0) is 15.5. The summed E-state index contributed by atoms with van der Waals surface area (Å²) in [5.74, 6) is 0. The van der Waals surface area contributed by atoms with E-state index < -0.39 is 10.2 Å². The molecule has 2 rings (SSSR count). The van der Waals surface area contributed by atoms with Crippen LogP contribution in [0.2, 0.25) is 0 Å². The van der Waals surface area contributed by atoms with Crippen LogP contribution in [-0.4, -0.2) is 43.4 Å². The minimum absolute atomic E-state index is 0.0904. The average Bonchev–Trinajstić information content (AvgIpc) is 2.41. The molecule has 0 amide bonds. The third kappa shape index (κ3) is 4.18. The summed E-state index contributed by atoms with van der Waals surface area (Å²) >= 11 is 0. The van der Waals surface area contributed by atoms with E-state index in [-0.39, 0.29) is 11.6 Å². The standard InChI is InChI=1S/C15H31N3O2S/c1-4-15(9-7-10-15)17-21(19,20)18-11-6-5-8-14(18)12-16-13(2)3/h13-14,16-17H,4-12H2,1-3H3. The van der Waals surface area contributed by atoms with Crippen LogP contribution in [0.3, 0.4) is 0 Å². The van der Waals surface area contributed by atoms with Crippen molar-refractivity contribution in [2.24, 2.45) is 0 Å². The second-order valence-corrected chi connectivity index (χ2v) is 8.54. The van der Waals surface area contributed by atoms with E-state index in [2.05, 4.69) is 30.8 Å². The van der Waals surface area contributed by atoms with Crippen molar-refractivity contribution >= 4 is 10.2 Å². The lowest BCUT2D eigenvalue weighted by Crippen LogP contribution is -2.60. The van der Waals surface area contributed by atoms with Crippen LogP contribution in [0.25, 0.3) is 0 Å². The van der Waals surface area contributed by atoms with Gasteiger partial charge < -0.3 is 5.32 Å². The molecular weight excluding hydrogens is 286 g/mol. The smallest absolute Gasteiger partial charge is 0.280 e. The molecule has 2 aliphatic rings. The number of hydrogen-bond acceptors (Lipinski definition) is 3. The van der Waals surface area contributed by atoms with Crippen LogP contribution in [0.1, 0.15) is 65.7 Å². The second kappa shape index (κ2) is 6.94. The molecule has 124 valence electrons. The Morgan fingerprint density at radius 3 is 2.48 bits per heavy atom. The van der Waals surface area contributed by atoms with Gasteiger partial charge in [-0.2, -0.15) is 17.4 Å². The highest BCUT2D eigenvalue weighted by Crippen LogP contribution is 2.36. The van der Waals surface area contributed by atoms with Crippen molar-refractivity contribution in [3.05, 3.63) is 0 Å². The molecule has 0 bridgehead atoms. The summed E-state index contributed by atoms with van der Waals surface area (Å²) in [4.78, 5) is 0. The Labute approximate surface area is 130 Å². The molecule has 1 saturated carbocycles. The number of nitrogens with zero attached hydrogens (tertiary/aromatic N) is 1. The summed E-state index contributed by atoms with van der Waals surface area (Å²) in [6.45, 7) is 7.67. The van der Waals surface area contributed by atoms with Crippen LogP contribution in [0.15, 0.2) is 0 Å². The zero-order valence-corrected chi connectivity index (χ0v) is 14.5. The first kappa shape index (κ1) is 17.2. The van der Waals surface area contributed by atoms with Gasteiger partial charge in [-0.15, -0.1) is 0 Å². The first-order chi connectivity index (χ1) is 9.88. The van der Waals surface area contributed by atoms with E-state index in [4.69, 9.17) is 0 Å². The minimum Gasteiger partial charge on any atom is -0.313 e. The Morgan fingerprint density at radius 2 is 1.95 bits per heavy atom. The number of nitrogens with one attached hydrogen (secondary N) is 2.